The molecule has 0 spiro atoms. The Hall–Kier alpha value is -2.99. The molecule has 80 valence electrons. The number of hydrogen-bond donors (Lipinski definition) is 1. The molecule has 0 aliphatic carbocycles. The summed E-state index contributed by atoms with van der Waals surface area (Å²) in [6, 6.07) is 9.10. The molecule has 0 aliphatic rings. The number of rotatable bonds is 1. The van der Waals surface area contributed by atoms with Crippen molar-refractivity contribution in [2.75, 3.05) is 5.73 Å². The Bertz CT molecular complexity index is 635. The lowest BCUT2D eigenvalue weighted by atomic mass is 10.3. The molecule has 2 aromatic heterocycles. The fraction of sp³-hybridized carbons (Fsp3) is 0. The Morgan fingerprint density at radius 3 is 2.24 bits per heavy atom. The van der Waals surface area contributed by atoms with E-state index in [9.17, 15) is 0 Å². The van der Waals surface area contributed by atoms with Gasteiger partial charge < -0.3 is 5.73 Å². The smallest absolute Gasteiger partial charge is 0.360 e. The molecular weight excluding hydrogens is 216 g/mol. The van der Waals surface area contributed by atoms with Crippen LogP contribution in [0.2, 0.25) is 0 Å². The van der Waals surface area contributed by atoms with Gasteiger partial charge in [0.05, 0.1) is 12.4 Å². The standard InChI is InChI=1S/C11H7N6/c12-6-8-10(14)16-11(9(7-13)15-8)17-4-2-1-3-5-17/h1-5H,(H2,14,16)/q+1. The molecule has 2 rings (SSSR count). The predicted molar refractivity (Wildman–Crippen MR) is 57.4 cm³/mol. The fourth-order valence-electron chi connectivity index (χ4n) is 1.32. The number of pyridine rings is 1. The molecule has 0 bridgehead atoms. The van der Waals surface area contributed by atoms with Crippen molar-refractivity contribution in [3.8, 4) is 18.0 Å². The predicted octanol–water partition coefficient (Wildman–Crippen LogP) is 0.0789. The van der Waals surface area contributed by atoms with E-state index < -0.39 is 0 Å². The van der Waals surface area contributed by atoms with Crippen LogP contribution in [0.1, 0.15) is 11.4 Å². The summed E-state index contributed by atoms with van der Waals surface area (Å²) in [4.78, 5) is 7.87. The van der Waals surface area contributed by atoms with E-state index in [-0.39, 0.29) is 17.2 Å². The number of nitrogens with zero attached hydrogens (tertiary/aromatic N) is 5. The second kappa shape index (κ2) is 4.25. The zero-order valence-electron chi connectivity index (χ0n) is 8.70. The monoisotopic (exact) mass is 223 g/mol. The van der Waals surface area contributed by atoms with Crippen LogP contribution in [0.15, 0.2) is 30.6 Å². The van der Waals surface area contributed by atoms with Crippen LogP contribution in [0.5, 0.6) is 0 Å². The van der Waals surface area contributed by atoms with Gasteiger partial charge in [0, 0.05) is 0 Å². The Morgan fingerprint density at radius 2 is 1.65 bits per heavy atom. The second-order valence-corrected chi connectivity index (χ2v) is 3.14. The summed E-state index contributed by atoms with van der Waals surface area (Å²) in [6.07, 6.45) is 3.44. The van der Waals surface area contributed by atoms with E-state index in [0.717, 1.165) is 0 Å². The number of nitrogens with two attached hydrogens (primary N) is 1. The SMILES string of the molecule is N#Cc1nc(C#N)c(-[n+]2ccccc2)nc1N. The van der Waals surface area contributed by atoms with Gasteiger partial charge in [0.15, 0.2) is 0 Å². The van der Waals surface area contributed by atoms with Crippen molar-refractivity contribution in [3.63, 3.8) is 0 Å². The first-order chi connectivity index (χ1) is 8.26. The van der Waals surface area contributed by atoms with Gasteiger partial charge in [-0.1, -0.05) is 6.07 Å². The van der Waals surface area contributed by atoms with Gasteiger partial charge in [0.2, 0.25) is 11.4 Å². The second-order valence-electron chi connectivity index (χ2n) is 3.14. The van der Waals surface area contributed by atoms with Crippen molar-refractivity contribution in [1.29, 1.82) is 10.5 Å². The molecule has 0 saturated heterocycles. The highest BCUT2D eigenvalue weighted by Gasteiger charge is 2.21. The van der Waals surface area contributed by atoms with E-state index in [4.69, 9.17) is 16.3 Å². The highest BCUT2D eigenvalue weighted by molar-refractivity contribution is 5.48. The Labute approximate surface area is 97.2 Å². The summed E-state index contributed by atoms with van der Waals surface area (Å²) >= 11 is 0. The van der Waals surface area contributed by atoms with Crippen molar-refractivity contribution < 1.29 is 4.57 Å². The van der Waals surface area contributed by atoms with Crippen LogP contribution in [-0.4, -0.2) is 9.97 Å². The number of nitriles is 2. The van der Waals surface area contributed by atoms with Gasteiger partial charge in [-0.3, -0.25) is 0 Å². The molecule has 6 nitrogen and oxygen atoms in total. The third-order valence-electron chi connectivity index (χ3n) is 2.08. The Balaban J connectivity index is 2.68. The highest BCUT2D eigenvalue weighted by Crippen LogP contribution is 2.09. The number of aromatic nitrogens is 3. The van der Waals surface area contributed by atoms with Crippen molar-refractivity contribution in [2.45, 2.75) is 0 Å². The van der Waals surface area contributed by atoms with Gasteiger partial charge in [-0.2, -0.15) is 10.5 Å². The largest absolute Gasteiger partial charge is 0.367 e. The minimum absolute atomic E-state index is 0.0119. The first-order valence-electron chi connectivity index (χ1n) is 4.70. The maximum Gasteiger partial charge on any atom is 0.367 e. The quantitative estimate of drug-likeness (QED) is 0.689. The summed E-state index contributed by atoms with van der Waals surface area (Å²) in [5, 5.41) is 17.7. The van der Waals surface area contributed by atoms with Gasteiger partial charge in [-0.25, -0.2) is 9.55 Å². The summed E-state index contributed by atoms with van der Waals surface area (Å²) < 4.78 is 1.61. The van der Waals surface area contributed by atoms with Crippen LogP contribution in [0, 0.1) is 22.7 Å². The first-order valence-corrected chi connectivity index (χ1v) is 4.70. The number of anilines is 1. The van der Waals surface area contributed by atoms with Crippen LogP contribution in [0.3, 0.4) is 0 Å². The van der Waals surface area contributed by atoms with Crippen LogP contribution in [0.25, 0.3) is 5.82 Å². The number of nitrogen functional groups attached to an aromatic ring is 1. The van der Waals surface area contributed by atoms with E-state index >= 15 is 0 Å². The number of hydrogen-bond acceptors (Lipinski definition) is 5. The van der Waals surface area contributed by atoms with Gasteiger partial charge in [0.25, 0.3) is 5.82 Å². The molecule has 2 aromatic rings. The van der Waals surface area contributed by atoms with Gasteiger partial charge in [0.1, 0.15) is 12.1 Å². The van der Waals surface area contributed by atoms with E-state index in [1.807, 2.05) is 12.1 Å². The first kappa shape index (κ1) is 10.5. The normalized spacial score (nSPS) is 9.29. The third-order valence-corrected chi connectivity index (χ3v) is 2.08. The van der Waals surface area contributed by atoms with Gasteiger partial charge in [-0.05, 0) is 17.1 Å². The summed E-state index contributed by atoms with van der Waals surface area (Å²) in [5.74, 6) is 0.322. The average molecular weight is 223 g/mol. The average Bonchev–Trinajstić information content (AvgIpc) is 2.39. The zero-order valence-corrected chi connectivity index (χ0v) is 8.70. The van der Waals surface area contributed by atoms with E-state index in [1.165, 1.54) is 0 Å². The molecule has 2 heterocycles. The fourth-order valence-corrected chi connectivity index (χ4v) is 1.32. The van der Waals surface area contributed by atoms with Crippen molar-refractivity contribution in [2.24, 2.45) is 0 Å². The summed E-state index contributed by atoms with van der Waals surface area (Å²) in [6.45, 7) is 0. The van der Waals surface area contributed by atoms with E-state index in [0.29, 0.717) is 5.82 Å². The minimum Gasteiger partial charge on any atom is -0.360 e. The van der Waals surface area contributed by atoms with E-state index in [2.05, 4.69) is 9.97 Å². The highest BCUT2D eigenvalue weighted by atomic mass is 15.1. The Kier molecular flexibility index (Phi) is 2.63. The summed E-state index contributed by atoms with van der Waals surface area (Å²) in [7, 11) is 0. The molecule has 6 heteroatoms. The molecular formula is C11H7N6+. The molecule has 0 radical (unpaired) electrons. The van der Waals surface area contributed by atoms with Gasteiger partial charge in [-0.15, -0.1) is 0 Å². The molecule has 0 amide bonds. The van der Waals surface area contributed by atoms with Gasteiger partial charge >= 0.3 is 5.82 Å². The van der Waals surface area contributed by atoms with Crippen LogP contribution >= 0.6 is 0 Å². The maximum absolute atomic E-state index is 8.97. The van der Waals surface area contributed by atoms with Crippen LogP contribution < -0.4 is 10.3 Å². The van der Waals surface area contributed by atoms with Crippen molar-refractivity contribution >= 4 is 5.82 Å². The Morgan fingerprint density at radius 1 is 1.00 bits per heavy atom. The molecule has 0 aromatic carbocycles. The third kappa shape index (κ3) is 1.87. The topological polar surface area (TPSA) is 103 Å². The molecule has 0 aliphatic heterocycles. The van der Waals surface area contributed by atoms with Crippen molar-refractivity contribution in [3.05, 3.63) is 42.0 Å². The van der Waals surface area contributed by atoms with Crippen LogP contribution in [0.4, 0.5) is 5.82 Å². The lowest BCUT2D eigenvalue weighted by Crippen LogP contribution is -2.32. The molecule has 0 unspecified atom stereocenters. The van der Waals surface area contributed by atoms with Crippen LogP contribution in [-0.2, 0) is 0 Å². The van der Waals surface area contributed by atoms with Crippen molar-refractivity contribution in [1.82, 2.24) is 9.97 Å². The lowest BCUT2D eigenvalue weighted by Gasteiger charge is -1.97. The molecule has 0 saturated carbocycles. The minimum atomic E-state index is -0.0400. The zero-order chi connectivity index (χ0) is 12.3. The molecule has 0 atom stereocenters. The summed E-state index contributed by atoms with van der Waals surface area (Å²) in [5.41, 5.74) is 5.60. The molecule has 0 fully saturated rings. The molecule has 2 N–H and O–H groups in total. The lowest BCUT2D eigenvalue weighted by molar-refractivity contribution is -0.600. The van der Waals surface area contributed by atoms with E-state index in [1.54, 1.807) is 35.2 Å². The molecule has 17 heavy (non-hydrogen) atoms. The maximum atomic E-state index is 8.97.